The van der Waals surface area contributed by atoms with E-state index in [1.165, 1.54) is 25.9 Å². The largest absolute Gasteiger partial charge is 0.492 e. The van der Waals surface area contributed by atoms with Crippen LogP contribution in [0.5, 0.6) is 5.75 Å². The lowest BCUT2D eigenvalue weighted by atomic mass is 9.97. The van der Waals surface area contributed by atoms with E-state index in [0.29, 0.717) is 0 Å². The quantitative estimate of drug-likeness (QED) is 0.782. The molecule has 3 rings (SSSR count). The molecule has 3 heteroatoms. The normalized spacial score (nSPS) is 21.8. The molecule has 0 atom stereocenters. The molecule has 0 aromatic heterocycles. The van der Waals surface area contributed by atoms with Gasteiger partial charge in [0, 0.05) is 25.3 Å². The van der Waals surface area contributed by atoms with Crippen LogP contribution in [0, 0.1) is 5.41 Å². The molecule has 1 heterocycles. The second-order valence-electron chi connectivity index (χ2n) is 5.13. The first-order valence-corrected chi connectivity index (χ1v) is 5.97. The van der Waals surface area contributed by atoms with Crippen LogP contribution in [0.25, 0.3) is 0 Å². The van der Waals surface area contributed by atoms with Crippen LogP contribution in [0.4, 0.5) is 5.69 Å². The number of hydrogen-bond acceptors (Lipinski definition) is 3. The van der Waals surface area contributed by atoms with Gasteiger partial charge >= 0.3 is 0 Å². The molecule has 0 amide bonds. The Labute approximate surface area is 96.2 Å². The van der Waals surface area contributed by atoms with Crippen LogP contribution in [-0.2, 0) is 0 Å². The highest BCUT2D eigenvalue weighted by atomic mass is 16.5. The van der Waals surface area contributed by atoms with E-state index in [1.807, 2.05) is 24.3 Å². The molecular formula is C13H18N2O. The van der Waals surface area contributed by atoms with Crippen LogP contribution >= 0.6 is 0 Å². The van der Waals surface area contributed by atoms with E-state index in [9.17, 15) is 0 Å². The van der Waals surface area contributed by atoms with Gasteiger partial charge in [0.1, 0.15) is 12.4 Å². The summed E-state index contributed by atoms with van der Waals surface area (Å²) in [5, 5.41) is 0. The average Bonchev–Trinajstić information content (AvgIpc) is 3.00. The number of hydrogen-bond donors (Lipinski definition) is 1. The van der Waals surface area contributed by atoms with Crippen LogP contribution in [0.1, 0.15) is 12.8 Å². The summed E-state index contributed by atoms with van der Waals surface area (Å²) in [4.78, 5) is 2.48. The highest BCUT2D eigenvalue weighted by Crippen LogP contribution is 2.52. The number of ether oxygens (including phenoxy) is 1. The Balaban J connectivity index is 1.38. The Hall–Kier alpha value is -1.22. The molecule has 1 aliphatic carbocycles. The van der Waals surface area contributed by atoms with Crippen LogP contribution < -0.4 is 10.5 Å². The second kappa shape index (κ2) is 3.67. The lowest BCUT2D eigenvalue weighted by Gasteiger charge is -2.39. The molecule has 2 aliphatic rings. The fourth-order valence-electron chi connectivity index (χ4n) is 2.41. The van der Waals surface area contributed by atoms with Crippen LogP contribution in [0.3, 0.4) is 0 Å². The monoisotopic (exact) mass is 218 g/mol. The van der Waals surface area contributed by atoms with E-state index in [4.69, 9.17) is 10.5 Å². The lowest BCUT2D eigenvalue weighted by molar-refractivity contribution is 0.0664. The van der Waals surface area contributed by atoms with Gasteiger partial charge in [0.15, 0.2) is 0 Å². The minimum atomic E-state index is 0.751. The number of nitrogen functional groups attached to an aromatic ring is 1. The van der Waals surface area contributed by atoms with E-state index >= 15 is 0 Å². The molecule has 1 saturated heterocycles. The van der Waals surface area contributed by atoms with Gasteiger partial charge in [-0.1, -0.05) is 0 Å². The number of benzene rings is 1. The molecule has 1 spiro atoms. The molecule has 16 heavy (non-hydrogen) atoms. The fraction of sp³-hybridized carbons (Fsp3) is 0.538. The summed E-state index contributed by atoms with van der Waals surface area (Å²) < 4.78 is 5.66. The minimum absolute atomic E-state index is 0.751. The second-order valence-corrected chi connectivity index (χ2v) is 5.13. The molecule has 86 valence electrons. The van der Waals surface area contributed by atoms with Crippen molar-refractivity contribution in [3.8, 4) is 5.75 Å². The van der Waals surface area contributed by atoms with E-state index in [2.05, 4.69) is 4.90 Å². The van der Waals surface area contributed by atoms with E-state index in [0.717, 1.165) is 30.0 Å². The zero-order chi connectivity index (χ0) is 11.0. The van der Waals surface area contributed by atoms with Crippen molar-refractivity contribution in [3.05, 3.63) is 24.3 Å². The molecule has 0 radical (unpaired) electrons. The maximum atomic E-state index is 5.66. The Bertz CT molecular complexity index is 362. The molecule has 1 aromatic rings. The number of likely N-dealkylation sites (tertiary alicyclic amines) is 1. The maximum Gasteiger partial charge on any atom is 0.119 e. The van der Waals surface area contributed by atoms with E-state index in [-0.39, 0.29) is 0 Å². The Morgan fingerprint density at radius 3 is 2.50 bits per heavy atom. The first-order chi connectivity index (χ1) is 7.76. The van der Waals surface area contributed by atoms with Crippen molar-refractivity contribution >= 4 is 5.69 Å². The Kier molecular flexibility index (Phi) is 2.28. The zero-order valence-corrected chi connectivity index (χ0v) is 9.48. The van der Waals surface area contributed by atoms with Crippen molar-refractivity contribution in [1.29, 1.82) is 0 Å². The first kappa shape index (κ1) is 9.97. The van der Waals surface area contributed by atoms with Crippen molar-refractivity contribution in [3.63, 3.8) is 0 Å². The summed E-state index contributed by atoms with van der Waals surface area (Å²) in [6.45, 7) is 4.41. The third-order valence-corrected chi connectivity index (χ3v) is 3.63. The predicted octanol–water partition coefficient (Wildman–Crippen LogP) is 1.74. The highest BCUT2D eigenvalue weighted by Gasteiger charge is 2.51. The van der Waals surface area contributed by atoms with Gasteiger partial charge in [0.25, 0.3) is 0 Å². The van der Waals surface area contributed by atoms with Gasteiger partial charge in [-0.25, -0.2) is 0 Å². The molecule has 2 fully saturated rings. The van der Waals surface area contributed by atoms with Gasteiger partial charge < -0.3 is 10.5 Å². The maximum absolute atomic E-state index is 5.66. The molecule has 0 unspecified atom stereocenters. The molecule has 1 aromatic carbocycles. The van der Waals surface area contributed by atoms with Crippen molar-refractivity contribution < 1.29 is 4.74 Å². The molecule has 0 bridgehead atoms. The first-order valence-electron chi connectivity index (χ1n) is 5.97. The number of rotatable bonds is 4. The smallest absolute Gasteiger partial charge is 0.119 e. The summed E-state index contributed by atoms with van der Waals surface area (Å²) in [7, 11) is 0. The topological polar surface area (TPSA) is 38.5 Å². The summed E-state index contributed by atoms with van der Waals surface area (Å²) in [5.41, 5.74) is 7.14. The van der Waals surface area contributed by atoms with Gasteiger partial charge in [0.2, 0.25) is 0 Å². The summed E-state index contributed by atoms with van der Waals surface area (Å²) in [5.74, 6) is 0.913. The summed E-state index contributed by atoms with van der Waals surface area (Å²) in [6.07, 6.45) is 2.89. The summed E-state index contributed by atoms with van der Waals surface area (Å²) in [6, 6.07) is 7.60. The van der Waals surface area contributed by atoms with Crippen LogP contribution in [0.2, 0.25) is 0 Å². The SMILES string of the molecule is Nc1ccc(OCCN2CC3(CC3)C2)cc1. The number of nitrogens with two attached hydrogens (primary N) is 1. The van der Waals surface area contributed by atoms with Crippen LogP contribution in [-0.4, -0.2) is 31.1 Å². The zero-order valence-electron chi connectivity index (χ0n) is 9.48. The predicted molar refractivity (Wildman–Crippen MR) is 64.5 cm³/mol. The van der Waals surface area contributed by atoms with Crippen molar-refractivity contribution in [2.75, 3.05) is 32.0 Å². The molecule has 1 aliphatic heterocycles. The van der Waals surface area contributed by atoms with Crippen molar-refractivity contribution in [2.45, 2.75) is 12.8 Å². The van der Waals surface area contributed by atoms with Crippen molar-refractivity contribution in [1.82, 2.24) is 4.90 Å². The average molecular weight is 218 g/mol. The summed E-state index contributed by atoms with van der Waals surface area (Å²) >= 11 is 0. The lowest BCUT2D eigenvalue weighted by Crippen LogP contribution is -2.49. The van der Waals surface area contributed by atoms with E-state index in [1.54, 1.807) is 0 Å². The highest BCUT2D eigenvalue weighted by molar-refractivity contribution is 5.41. The van der Waals surface area contributed by atoms with Crippen LogP contribution in [0.15, 0.2) is 24.3 Å². The Morgan fingerprint density at radius 1 is 1.19 bits per heavy atom. The third-order valence-electron chi connectivity index (χ3n) is 3.63. The minimum Gasteiger partial charge on any atom is -0.492 e. The standard InChI is InChI=1S/C13H18N2O/c14-11-1-3-12(4-2-11)16-8-7-15-9-13(10-15)5-6-13/h1-4H,5-10,14H2. The molecular weight excluding hydrogens is 200 g/mol. The van der Waals surface area contributed by atoms with Gasteiger partial charge in [-0.2, -0.15) is 0 Å². The van der Waals surface area contributed by atoms with Gasteiger partial charge in [0.05, 0.1) is 0 Å². The third kappa shape index (κ3) is 2.00. The van der Waals surface area contributed by atoms with Gasteiger partial charge in [-0.3, -0.25) is 4.90 Å². The number of anilines is 1. The van der Waals surface area contributed by atoms with Crippen molar-refractivity contribution in [2.24, 2.45) is 5.41 Å². The van der Waals surface area contributed by atoms with Gasteiger partial charge in [-0.05, 0) is 42.5 Å². The van der Waals surface area contributed by atoms with E-state index < -0.39 is 0 Å². The fourth-order valence-corrected chi connectivity index (χ4v) is 2.41. The molecule has 2 N–H and O–H groups in total. The molecule has 3 nitrogen and oxygen atoms in total. The van der Waals surface area contributed by atoms with Gasteiger partial charge in [-0.15, -0.1) is 0 Å². The number of nitrogens with zero attached hydrogens (tertiary/aromatic N) is 1. The molecule has 1 saturated carbocycles. The Morgan fingerprint density at radius 2 is 1.88 bits per heavy atom.